The van der Waals surface area contributed by atoms with Gasteiger partial charge in [0.15, 0.2) is 0 Å². The van der Waals surface area contributed by atoms with Crippen molar-refractivity contribution in [2.24, 2.45) is 11.8 Å². The smallest absolute Gasteiger partial charge is 0.207 e. The van der Waals surface area contributed by atoms with E-state index in [4.69, 9.17) is 0 Å². The van der Waals surface area contributed by atoms with E-state index in [1.807, 2.05) is 0 Å². The zero-order chi connectivity index (χ0) is 8.48. The lowest BCUT2D eigenvalue weighted by molar-refractivity contribution is -0.0151. The van der Waals surface area contributed by atoms with E-state index in [9.17, 15) is 8.78 Å². The Bertz CT molecular complexity index is 118. The maximum absolute atomic E-state index is 12.8. The summed E-state index contributed by atoms with van der Waals surface area (Å²) >= 11 is 0. The number of rotatable bonds is 0. The third-order valence-corrected chi connectivity index (χ3v) is 2.90. The van der Waals surface area contributed by atoms with Crippen molar-refractivity contribution in [3.05, 3.63) is 0 Å². The largest absolute Gasteiger partial charge is 0.248 e. The molecule has 1 saturated carbocycles. The number of alkyl halides is 2. The van der Waals surface area contributed by atoms with Crippen molar-refractivity contribution in [2.75, 3.05) is 0 Å². The summed E-state index contributed by atoms with van der Waals surface area (Å²) in [5.74, 6) is -1.43. The summed E-state index contributed by atoms with van der Waals surface area (Å²) in [6, 6.07) is 0. The Kier molecular flexibility index (Phi) is 2.50. The predicted octanol–water partition coefficient (Wildman–Crippen LogP) is 3.47. The summed E-state index contributed by atoms with van der Waals surface area (Å²) in [5.41, 5.74) is 0. The molecule has 11 heavy (non-hydrogen) atoms. The molecular formula is C9H16F2. The van der Waals surface area contributed by atoms with Crippen molar-refractivity contribution in [3.63, 3.8) is 0 Å². The molecule has 0 radical (unpaired) electrons. The maximum atomic E-state index is 12.8. The maximum Gasteiger partial charge on any atom is 0.248 e. The van der Waals surface area contributed by atoms with Crippen molar-refractivity contribution in [1.82, 2.24) is 0 Å². The topological polar surface area (TPSA) is 0 Å². The number of hydrogen-bond donors (Lipinski definition) is 0. The second-order valence-corrected chi connectivity index (χ2v) is 3.89. The Balaban J connectivity index is 2.51. The molecular weight excluding hydrogens is 146 g/mol. The lowest BCUT2D eigenvalue weighted by Crippen LogP contribution is -2.13. The fourth-order valence-corrected chi connectivity index (χ4v) is 1.57. The lowest BCUT2D eigenvalue weighted by atomic mass is 9.92. The third kappa shape index (κ3) is 2.42. The van der Waals surface area contributed by atoms with Crippen molar-refractivity contribution in [2.45, 2.75) is 45.5 Å². The van der Waals surface area contributed by atoms with Crippen molar-refractivity contribution in [1.29, 1.82) is 0 Å². The highest BCUT2D eigenvalue weighted by molar-refractivity contribution is 4.76. The van der Waals surface area contributed by atoms with Gasteiger partial charge >= 0.3 is 0 Å². The van der Waals surface area contributed by atoms with Crippen LogP contribution in [0.1, 0.15) is 39.5 Å². The third-order valence-electron chi connectivity index (χ3n) is 2.90. The van der Waals surface area contributed by atoms with Crippen LogP contribution in [0, 0.1) is 11.8 Å². The normalized spacial score (nSPS) is 38.2. The average molecular weight is 162 g/mol. The van der Waals surface area contributed by atoms with Crippen LogP contribution in [-0.2, 0) is 0 Å². The molecule has 0 amide bonds. The van der Waals surface area contributed by atoms with Crippen molar-refractivity contribution >= 4 is 0 Å². The molecule has 2 atom stereocenters. The van der Waals surface area contributed by atoms with Gasteiger partial charge in [-0.1, -0.05) is 13.8 Å². The molecule has 66 valence electrons. The number of halogens is 2. The van der Waals surface area contributed by atoms with E-state index >= 15 is 0 Å². The van der Waals surface area contributed by atoms with Gasteiger partial charge in [-0.3, -0.25) is 0 Å². The standard InChI is InChI=1S/C9H16F2/c1-7-3-5-9(10,11)6-4-8(7)2/h7-8H,3-6H2,1-2H3. The first kappa shape index (κ1) is 8.95. The van der Waals surface area contributed by atoms with Gasteiger partial charge in [0, 0.05) is 12.8 Å². The van der Waals surface area contributed by atoms with Gasteiger partial charge < -0.3 is 0 Å². The van der Waals surface area contributed by atoms with E-state index in [-0.39, 0.29) is 12.8 Å². The Morgan fingerprint density at radius 3 is 1.73 bits per heavy atom. The summed E-state index contributed by atoms with van der Waals surface area (Å²) in [7, 11) is 0. The molecule has 2 unspecified atom stereocenters. The first-order valence-electron chi connectivity index (χ1n) is 4.39. The van der Waals surface area contributed by atoms with Crippen LogP contribution in [0.3, 0.4) is 0 Å². The van der Waals surface area contributed by atoms with E-state index < -0.39 is 5.92 Å². The van der Waals surface area contributed by atoms with Crippen molar-refractivity contribution in [3.8, 4) is 0 Å². The lowest BCUT2D eigenvalue weighted by Gasteiger charge is -2.14. The predicted molar refractivity (Wildman–Crippen MR) is 41.7 cm³/mol. The zero-order valence-corrected chi connectivity index (χ0v) is 7.24. The first-order chi connectivity index (χ1) is 5.01. The van der Waals surface area contributed by atoms with Gasteiger partial charge in [-0.2, -0.15) is 0 Å². The first-order valence-corrected chi connectivity index (χ1v) is 4.39. The van der Waals surface area contributed by atoms with Gasteiger partial charge in [0.1, 0.15) is 0 Å². The summed E-state index contributed by atoms with van der Waals surface area (Å²) < 4.78 is 25.6. The minimum atomic E-state index is -2.38. The van der Waals surface area contributed by atoms with E-state index in [1.165, 1.54) is 0 Å². The molecule has 0 nitrogen and oxygen atoms in total. The van der Waals surface area contributed by atoms with Gasteiger partial charge in [0.05, 0.1) is 0 Å². The van der Waals surface area contributed by atoms with Crippen LogP contribution in [0.4, 0.5) is 8.78 Å². The molecule has 0 bridgehead atoms. The molecule has 0 N–H and O–H groups in total. The monoisotopic (exact) mass is 162 g/mol. The van der Waals surface area contributed by atoms with Crippen LogP contribution in [-0.4, -0.2) is 5.92 Å². The zero-order valence-electron chi connectivity index (χ0n) is 7.24. The Morgan fingerprint density at radius 2 is 1.36 bits per heavy atom. The van der Waals surface area contributed by atoms with Gasteiger partial charge in [0.2, 0.25) is 5.92 Å². The Hall–Kier alpha value is -0.140. The van der Waals surface area contributed by atoms with E-state index in [2.05, 4.69) is 13.8 Å². The van der Waals surface area contributed by atoms with Crippen LogP contribution < -0.4 is 0 Å². The molecule has 2 heteroatoms. The molecule has 0 heterocycles. The second kappa shape index (κ2) is 3.08. The van der Waals surface area contributed by atoms with Crippen LogP contribution in [0.5, 0.6) is 0 Å². The average Bonchev–Trinajstić information content (AvgIpc) is 2.03. The summed E-state index contributed by atoms with van der Waals surface area (Å²) in [6.07, 6.45) is 1.57. The van der Waals surface area contributed by atoms with Gasteiger partial charge in [-0.25, -0.2) is 8.78 Å². The fraction of sp³-hybridized carbons (Fsp3) is 1.00. The molecule has 0 aromatic heterocycles. The Labute approximate surface area is 67.0 Å². The van der Waals surface area contributed by atoms with Crippen LogP contribution >= 0.6 is 0 Å². The highest BCUT2D eigenvalue weighted by Gasteiger charge is 2.33. The van der Waals surface area contributed by atoms with Gasteiger partial charge in [-0.05, 0) is 24.7 Å². The van der Waals surface area contributed by atoms with E-state index in [0.29, 0.717) is 24.7 Å². The molecule has 0 aliphatic heterocycles. The van der Waals surface area contributed by atoms with Crippen LogP contribution in [0.25, 0.3) is 0 Å². The quantitative estimate of drug-likeness (QED) is 0.478. The highest BCUT2D eigenvalue weighted by atomic mass is 19.3. The SMILES string of the molecule is CC1CCC(F)(F)CCC1C. The molecule has 0 aromatic rings. The number of hydrogen-bond acceptors (Lipinski definition) is 0. The van der Waals surface area contributed by atoms with Gasteiger partial charge in [-0.15, -0.1) is 0 Å². The molecule has 1 rings (SSSR count). The fourth-order valence-electron chi connectivity index (χ4n) is 1.57. The molecule has 0 aromatic carbocycles. The molecule has 1 aliphatic rings. The van der Waals surface area contributed by atoms with Crippen molar-refractivity contribution < 1.29 is 8.78 Å². The molecule has 0 saturated heterocycles. The molecule has 1 aliphatic carbocycles. The minimum Gasteiger partial charge on any atom is -0.207 e. The Morgan fingerprint density at radius 1 is 1.00 bits per heavy atom. The van der Waals surface area contributed by atoms with Crippen LogP contribution in [0.15, 0.2) is 0 Å². The minimum absolute atomic E-state index is 0.0957. The highest BCUT2D eigenvalue weighted by Crippen LogP contribution is 2.36. The van der Waals surface area contributed by atoms with Gasteiger partial charge in [0.25, 0.3) is 0 Å². The molecule has 0 spiro atoms. The van der Waals surface area contributed by atoms with E-state index in [1.54, 1.807) is 0 Å². The molecule has 1 fully saturated rings. The summed E-state index contributed by atoms with van der Waals surface area (Å²) in [5, 5.41) is 0. The summed E-state index contributed by atoms with van der Waals surface area (Å²) in [6.45, 7) is 4.15. The van der Waals surface area contributed by atoms with Crippen LogP contribution in [0.2, 0.25) is 0 Å². The van der Waals surface area contributed by atoms with E-state index in [0.717, 1.165) is 0 Å². The second-order valence-electron chi connectivity index (χ2n) is 3.89. The summed E-state index contributed by atoms with van der Waals surface area (Å²) in [4.78, 5) is 0.